The molecular weight excluding hydrogens is 240 g/mol. The molecule has 1 N–H and O–H groups in total. The summed E-state index contributed by atoms with van der Waals surface area (Å²) in [6.07, 6.45) is 1.03. The van der Waals surface area contributed by atoms with E-state index in [0.29, 0.717) is 25.9 Å². The molecular formula is C11H22N2O3S. The molecule has 5 nitrogen and oxygen atoms in total. The van der Waals surface area contributed by atoms with Crippen LogP contribution in [0.15, 0.2) is 0 Å². The Morgan fingerprint density at radius 1 is 1.41 bits per heavy atom. The third-order valence-electron chi connectivity index (χ3n) is 3.08. The molecule has 0 aliphatic carbocycles. The second kappa shape index (κ2) is 6.35. The van der Waals surface area contributed by atoms with Gasteiger partial charge in [-0.25, -0.2) is 8.42 Å². The fraction of sp³-hybridized carbons (Fsp3) is 0.909. The van der Waals surface area contributed by atoms with Crippen LogP contribution in [0.2, 0.25) is 0 Å². The Bertz CT molecular complexity index is 354. The molecule has 0 bridgehead atoms. The van der Waals surface area contributed by atoms with E-state index in [1.54, 1.807) is 4.90 Å². The monoisotopic (exact) mass is 262 g/mol. The number of carbonyl (C=O) groups excluding carboxylic acids is 1. The van der Waals surface area contributed by atoms with Crippen LogP contribution in [-0.4, -0.2) is 56.4 Å². The molecule has 100 valence electrons. The lowest BCUT2D eigenvalue weighted by molar-refractivity contribution is -0.132. The molecule has 1 aliphatic heterocycles. The topological polar surface area (TPSA) is 66.5 Å². The fourth-order valence-corrected chi connectivity index (χ4v) is 3.91. The van der Waals surface area contributed by atoms with Crippen molar-refractivity contribution in [2.24, 2.45) is 0 Å². The summed E-state index contributed by atoms with van der Waals surface area (Å²) in [4.78, 5) is 13.6. The highest BCUT2D eigenvalue weighted by Crippen LogP contribution is 2.18. The van der Waals surface area contributed by atoms with Crippen LogP contribution in [-0.2, 0) is 14.6 Å². The first-order valence-corrected chi connectivity index (χ1v) is 8.03. The normalized spacial score (nSPS) is 22.6. The molecule has 0 aromatic heterocycles. The Morgan fingerprint density at radius 3 is 2.59 bits per heavy atom. The molecule has 6 heteroatoms. The van der Waals surface area contributed by atoms with Gasteiger partial charge in [-0.2, -0.15) is 0 Å². The number of hydrogen-bond donors (Lipinski definition) is 1. The molecule has 1 saturated heterocycles. The maximum Gasteiger partial charge on any atom is 0.224 e. The van der Waals surface area contributed by atoms with Crippen molar-refractivity contribution < 1.29 is 13.2 Å². The van der Waals surface area contributed by atoms with Crippen LogP contribution >= 0.6 is 0 Å². The third kappa shape index (κ3) is 4.27. The van der Waals surface area contributed by atoms with E-state index < -0.39 is 9.84 Å². The minimum absolute atomic E-state index is 0.0514. The Balaban J connectivity index is 2.50. The predicted molar refractivity (Wildman–Crippen MR) is 67.6 cm³/mol. The Morgan fingerprint density at radius 2 is 2.12 bits per heavy atom. The average Bonchev–Trinajstić information content (AvgIpc) is 2.60. The number of nitrogens with one attached hydrogen (secondary N) is 1. The number of carbonyl (C=O) groups is 1. The maximum atomic E-state index is 11.9. The number of nitrogens with zero attached hydrogens (tertiary/aromatic N) is 1. The molecule has 1 atom stereocenters. The van der Waals surface area contributed by atoms with E-state index in [4.69, 9.17) is 0 Å². The van der Waals surface area contributed by atoms with Crippen LogP contribution < -0.4 is 5.32 Å². The van der Waals surface area contributed by atoms with E-state index in [0.717, 1.165) is 6.54 Å². The number of amides is 1. The second-order valence-corrected chi connectivity index (χ2v) is 6.57. The van der Waals surface area contributed by atoms with Crippen molar-refractivity contribution in [3.8, 4) is 0 Å². The highest BCUT2D eigenvalue weighted by Gasteiger charge is 2.33. The van der Waals surface area contributed by atoms with Gasteiger partial charge in [0.25, 0.3) is 0 Å². The molecule has 0 saturated carbocycles. The van der Waals surface area contributed by atoms with Crippen molar-refractivity contribution in [2.75, 3.05) is 31.1 Å². The Hall–Kier alpha value is -0.620. The zero-order valence-electron chi connectivity index (χ0n) is 10.6. The molecule has 0 radical (unpaired) electrons. The van der Waals surface area contributed by atoms with Gasteiger partial charge in [0.05, 0.1) is 11.5 Å². The largest absolute Gasteiger partial charge is 0.339 e. The van der Waals surface area contributed by atoms with Crippen LogP contribution in [0, 0.1) is 0 Å². The molecule has 17 heavy (non-hydrogen) atoms. The Labute approximate surface area is 103 Å². The molecule has 1 rings (SSSR count). The first-order chi connectivity index (χ1) is 8.00. The summed E-state index contributed by atoms with van der Waals surface area (Å²) in [7, 11) is -2.92. The summed E-state index contributed by atoms with van der Waals surface area (Å²) in [6, 6.07) is -0.112. The van der Waals surface area contributed by atoms with Gasteiger partial charge in [0, 0.05) is 25.6 Å². The van der Waals surface area contributed by atoms with Gasteiger partial charge in [0.2, 0.25) is 5.91 Å². The maximum absolute atomic E-state index is 11.9. The first-order valence-electron chi connectivity index (χ1n) is 6.20. The van der Waals surface area contributed by atoms with Crippen molar-refractivity contribution in [3.05, 3.63) is 0 Å². The van der Waals surface area contributed by atoms with Crippen LogP contribution in [0.5, 0.6) is 0 Å². The second-order valence-electron chi connectivity index (χ2n) is 4.34. The molecule has 1 fully saturated rings. The van der Waals surface area contributed by atoms with Crippen LogP contribution in [0.3, 0.4) is 0 Å². The zero-order chi connectivity index (χ0) is 12.9. The van der Waals surface area contributed by atoms with E-state index in [1.807, 2.05) is 13.8 Å². The van der Waals surface area contributed by atoms with E-state index in [2.05, 4.69) is 5.32 Å². The number of sulfone groups is 1. The molecule has 0 spiro atoms. The van der Waals surface area contributed by atoms with Crippen LogP contribution in [0.1, 0.15) is 26.7 Å². The molecule has 1 unspecified atom stereocenters. The van der Waals surface area contributed by atoms with Gasteiger partial charge in [0.1, 0.15) is 0 Å². The first kappa shape index (κ1) is 14.4. The van der Waals surface area contributed by atoms with Gasteiger partial charge in [-0.05, 0) is 19.9 Å². The van der Waals surface area contributed by atoms with Crippen molar-refractivity contribution in [1.82, 2.24) is 10.2 Å². The van der Waals surface area contributed by atoms with E-state index in [9.17, 15) is 13.2 Å². The molecule has 1 amide bonds. The highest BCUT2D eigenvalue weighted by molar-refractivity contribution is 7.91. The van der Waals surface area contributed by atoms with E-state index >= 15 is 0 Å². The van der Waals surface area contributed by atoms with Gasteiger partial charge >= 0.3 is 0 Å². The Kier molecular flexibility index (Phi) is 5.39. The standard InChI is InChI=1S/C11H22N2O3S/c1-3-12-7-5-11(14)13(4-2)10-6-8-17(15,16)9-10/h10,12H,3-9H2,1-2H3. The summed E-state index contributed by atoms with van der Waals surface area (Å²) < 4.78 is 22.8. The van der Waals surface area contributed by atoms with Crippen molar-refractivity contribution >= 4 is 15.7 Å². The summed E-state index contributed by atoms with van der Waals surface area (Å²) in [6.45, 7) is 5.98. The number of hydrogen-bond acceptors (Lipinski definition) is 4. The number of rotatable bonds is 6. The van der Waals surface area contributed by atoms with Gasteiger partial charge in [-0.1, -0.05) is 6.92 Å². The van der Waals surface area contributed by atoms with Gasteiger partial charge in [-0.3, -0.25) is 4.79 Å². The average molecular weight is 262 g/mol. The van der Waals surface area contributed by atoms with E-state index in [1.165, 1.54) is 0 Å². The van der Waals surface area contributed by atoms with Crippen molar-refractivity contribution in [3.63, 3.8) is 0 Å². The molecule has 1 aliphatic rings. The third-order valence-corrected chi connectivity index (χ3v) is 4.83. The summed E-state index contributed by atoms with van der Waals surface area (Å²) >= 11 is 0. The van der Waals surface area contributed by atoms with Crippen molar-refractivity contribution in [2.45, 2.75) is 32.7 Å². The summed E-state index contributed by atoms with van der Waals surface area (Å²) in [5.74, 6) is 0.401. The summed E-state index contributed by atoms with van der Waals surface area (Å²) in [5.41, 5.74) is 0. The highest BCUT2D eigenvalue weighted by atomic mass is 32.2. The molecule has 1 heterocycles. The smallest absolute Gasteiger partial charge is 0.224 e. The lowest BCUT2D eigenvalue weighted by atomic mass is 10.2. The lowest BCUT2D eigenvalue weighted by Gasteiger charge is -2.26. The minimum Gasteiger partial charge on any atom is -0.339 e. The fourth-order valence-electron chi connectivity index (χ4n) is 2.18. The zero-order valence-corrected chi connectivity index (χ0v) is 11.4. The molecule has 0 aromatic rings. The van der Waals surface area contributed by atoms with Gasteiger partial charge in [0.15, 0.2) is 9.84 Å². The van der Waals surface area contributed by atoms with Gasteiger partial charge < -0.3 is 10.2 Å². The van der Waals surface area contributed by atoms with Gasteiger partial charge in [-0.15, -0.1) is 0 Å². The van der Waals surface area contributed by atoms with E-state index in [-0.39, 0.29) is 23.5 Å². The quantitative estimate of drug-likeness (QED) is 0.685. The minimum atomic E-state index is -2.92. The van der Waals surface area contributed by atoms with Crippen LogP contribution in [0.25, 0.3) is 0 Å². The van der Waals surface area contributed by atoms with Crippen molar-refractivity contribution in [1.29, 1.82) is 0 Å². The molecule has 0 aromatic carbocycles. The summed E-state index contributed by atoms with van der Waals surface area (Å²) in [5, 5.41) is 3.10. The predicted octanol–water partition coefficient (Wildman–Crippen LogP) is 0.0216. The van der Waals surface area contributed by atoms with Crippen LogP contribution in [0.4, 0.5) is 0 Å². The lowest BCUT2D eigenvalue weighted by Crippen LogP contribution is -2.41. The SMILES string of the molecule is CCNCCC(=O)N(CC)C1CCS(=O)(=O)C1.